The number of hydrogen-bond donors (Lipinski definition) is 1. The number of rotatable bonds is 2. The maximum Gasteiger partial charge on any atom is 0.129 e. The number of fused-ring (bicyclic) bond motifs is 1. The number of aliphatic hydroxyl groups is 1. The van der Waals surface area contributed by atoms with Crippen LogP contribution in [0.25, 0.3) is 0 Å². The highest BCUT2D eigenvalue weighted by Gasteiger charge is 2.33. The highest BCUT2D eigenvalue weighted by Crippen LogP contribution is 2.39. The molecule has 3 rings (SSSR count). The van der Waals surface area contributed by atoms with Gasteiger partial charge in [-0.05, 0) is 54.2 Å². The third-order valence-electron chi connectivity index (χ3n) is 4.20. The summed E-state index contributed by atoms with van der Waals surface area (Å²) in [6.07, 6.45) is -0.211. The lowest BCUT2D eigenvalue weighted by Crippen LogP contribution is -2.32. The summed E-state index contributed by atoms with van der Waals surface area (Å²) < 4.78 is 19.2. The summed E-state index contributed by atoms with van der Waals surface area (Å²) in [5.41, 5.74) is 2.66. The van der Waals surface area contributed by atoms with Gasteiger partial charge in [-0.15, -0.1) is 0 Å². The standard InChI is InChI=1S/C18H19FO2/c1-11-10-17(18(20)15-6-4-3-5-14(11)15)21-13-7-8-16(19)12(2)9-13/h3-9,11,17-18,20H,10H2,1-2H3. The van der Waals surface area contributed by atoms with Crippen molar-refractivity contribution in [2.45, 2.75) is 38.4 Å². The smallest absolute Gasteiger partial charge is 0.129 e. The Morgan fingerprint density at radius 3 is 2.57 bits per heavy atom. The van der Waals surface area contributed by atoms with Gasteiger partial charge in [0.25, 0.3) is 0 Å². The van der Waals surface area contributed by atoms with E-state index in [9.17, 15) is 9.50 Å². The van der Waals surface area contributed by atoms with Crippen molar-refractivity contribution in [1.82, 2.24) is 0 Å². The third-order valence-corrected chi connectivity index (χ3v) is 4.20. The maximum atomic E-state index is 13.3. The summed E-state index contributed by atoms with van der Waals surface area (Å²) in [6, 6.07) is 12.6. The SMILES string of the molecule is Cc1cc(OC2CC(C)c3ccccc3C2O)ccc1F. The van der Waals surface area contributed by atoms with Gasteiger partial charge < -0.3 is 9.84 Å². The van der Waals surface area contributed by atoms with E-state index in [1.165, 1.54) is 11.6 Å². The number of hydrogen-bond acceptors (Lipinski definition) is 2. The maximum absolute atomic E-state index is 13.3. The molecule has 2 aromatic rings. The third kappa shape index (κ3) is 2.66. The Kier molecular flexibility index (Phi) is 3.68. The molecule has 2 aromatic carbocycles. The summed E-state index contributed by atoms with van der Waals surface area (Å²) in [5.74, 6) is 0.686. The molecule has 3 atom stereocenters. The normalized spacial score (nSPS) is 24.5. The monoisotopic (exact) mass is 286 g/mol. The highest BCUT2D eigenvalue weighted by molar-refractivity contribution is 5.36. The first kappa shape index (κ1) is 14.1. The van der Waals surface area contributed by atoms with Gasteiger partial charge in [0.2, 0.25) is 0 Å². The van der Waals surface area contributed by atoms with Gasteiger partial charge in [0.1, 0.15) is 23.8 Å². The zero-order valence-corrected chi connectivity index (χ0v) is 12.2. The predicted molar refractivity (Wildman–Crippen MR) is 80.0 cm³/mol. The molecule has 3 unspecified atom stereocenters. The second-order valence-electron chi connectivity index (χ2n) is 5.78. The number of halogens is 1. The van der Waals surface area contributed by atoms with Crippen molar-refractivity contribution in [2.24, 2.45) is 0 Å². The van der Waals surface area contributed by atoms with Gasteiger partial charge in [0.05, 0.1) is 0 Å². The second kappa shape index (κ2) is 5.49. The molecule has 1 N–H and O–H groups in total. The average Bonchev–Trinajstić information content (AvgIpc) is 2.48. The lowest BCUT2D eigenvalue weighted by molar-refractivity contribution is 0.0179. The van der Waals surface area contributed by atoms with Crippen molar-refractivity contribution in [3.8, 4) is 5.75 Å². The minimum atomic E-state index is -0.650. The van der Waals surface area contributed by atoms with Crippen molar-refractivity contribution in [1.29, 1.82) is 0 Å². The van der Waals surface area contributed by atoms with E-state index in [1.54, 1.807) is 19.1 Å². The number of aryl methyl sites for hydroxylation is 1. The first-order chi connectivity index (χ1) is 10.1. The topological polar surface area (TPSA) is 29.5 Å². The van der Waals surface area contributed by atoms with E-state index in [4.69, 9.17) is 4.74 Å². The van der Waals surface area contributed by atoms with Gasteiger partial charge in [-0.25, -0.2) is 4.39 Å². The van der Waals surface area contributed by atoms with Crippen LogP contribution in [0.3, 0.4) is 0 Å². The molecule has 21 heavy (non-hydrogen) atoms. The molecule has 110 valence electrons. The Labute approximate surface area is 124 Å². The molecule has 0 spiro atoms. The molecule has 0 saturated heterocycles. The van der Waals surface area contributed by atoms with E-state index in [1.807, 2.05) is 18.2 Å². The van der Waals surface area contributed by atoms with E-state index < -0.39 is 6.10 Å². The van der Waals surface area contributed by atoms with Crippen LogP contribution in [-0.4, -0.2) is 11.2 Å². The highest BCUT2D eigenvalue weighted by atomic mass is 19.1. The van der Waals surface area contributed by atoms with Crippen LogP contribution < -0.4 is 4.74 Å². The number of ether oxygens (including phenoxy) is 1. The zero-order valence-electron chi connectivity index (χ0n) is 12.2. The first-order valence-corrected chi connectivity index (χ1v) is 7.26. The fourth-order valence-electron chi connectivity index (χ4n) is 3.01. The molecule has 0 aromatic heterocycles. The molecular weight excluding hydrogens is 267 g/mol. The summed E-state index contributed by atoms with van der Waals surface area (Å²) in [5, 5.41) is 10.5. The van der Waals surface area contributed by atoms with Gasteiger partial charge >= 0.3 is 0 Å². The molecular formula is C18H19FO2. The van der Waals surface area contributed by atoms with Gasteiger partial charge in [0.15, 0.2) is 0 Å². The minimum absolute atomic E-state index is 0.245. The molecule has 0 amide bonds. The summed E-state index contributed by atoms with van der Waals surface area (Å²) >= 11 is 0. The van der Waals surface area contributed by atoms with Crippen LogP contribution in [0.4, 0.5) is 4.39 Å². The molecule has 1 aliphatic carbocycles. The van der Waals surface area contributed by atoms with Crippen molar-refractivity contribution in [3.63, 3.8) is 0 Å². The Bertz CT molecular complexity index is 653. The Morgan fingerprint density at radius 1 is 1.14 bits per heavy atom. The van der Waals surface area contributed by atoms with Crippen LogP contribution in [-0.2, 0) is 0 Å². The molecule has 1 aliphatic rings. The van der Waals surface area contributed by atoms with Crippen LogP contribution in [0.2, 0.25) is 0 Å². The van der Waals surface area contributed by atoms with Gasteiger partial charge in [0, 0.05) is 0 Å². The zero-order chi connectivity index (χ0) is 15.0. The van der Waals surface area contributed by atoms with E-state index in [2.05, 4.69) is 13.0 Å². The van der Waals surface area contributed by atoms with Crippen LogP contribution >= 0.6 is 0 Å². The van der Waals surface area contributed by atoms with E-state index >= 15 is 0 Å². The van der Waals surface area contributed by atoms with Crippen molar-refractivity contribution >= 4 is 0 Å². The van der Waals surface area contributed by atoms with Crippen LogP contribution in [0, 0.1) is 12.7 Å². The Balaban J connectivity index is 1.85. The van der Waals surface area contributed by atoms with Crippen molar-refractivity contribution in [2.75, 3.05) is 0 Å². The lowest BCUT2D eigenvalue weighted by atomic mass is 9.80. The van der Waals surface area contributed by atoms with Crippen LogP contribution in [0.1, 0.15) is 42.1 Å². The number of aliphatic hydroxyl groups excluding tert-OH is 1. The Hall–Kier alpha value is -1.87. The van der Waals surface area contributed by atoms with Gasteiger partial charge in [-0.1, -0.05) is 31.2 Å². The molecule has 2 nitrogen and oxygen atoms in total. The minimum Gasteiger partial charge on any atom is -0.487 e. The fraction of sp³-hybridized carbons (Fsp3) is 0.333. The predicted octanol–water partition coefficient (Wildman–Crippen LogP) is 4.12. The van der Waals surface area contributed by atoms with Crippen molar-refractivity contribution in [3.05, 3.63) is 65.0 Å². The molecule has 0 aliphatic heterocycles. The molecule has 0 fully saturated rings. The fourth-order valence-corrected chi connectivity index (χ4v) is 3.01. The van der Waals surface area contributed by atoms with Crippen LogP contribution in [0.15, 0.2) is 42.5 Å². The largest absolute Gasteiger partial charge is 0.487 e. The molecule has 0 bridgehead atoms. The van der Waals surface area contributed by atoms with E-state index in [-0.39, 0.29) is 11.9 Å². The second-order valence-corrected chi connectivity index (χ2v) is 5.78. The average molecular weight is 286 g/mol. The van der Waals surface area contributed by atoms with Gasteiger partial charge in [-0.3, -0.25) is 0 Å². The molecule has 0 radical (unpaired) electrons. The summed E-state index contributed by atoms with van der Waals surface area (Å²) in [7, 11) is 0. The summed E-state index contributed by atoms with van der Waals surface area (Å²) in [4.78, 5) is 0. The molecule has 0 heterocycles. The quantitative estimate of drug-likeness (QED) is 0.899. The van der Waals surface area contributed by atoms with Crippen LogP contribution in [0.5, 0.6) is 5.75 Å². The van der Waals surface area contributed by atoms with Gasteiger partial charge in [-0.2, -0.15) is 0 Å². The van der Waals surface area contributed by atoms with E-state index in [0.717, 1.165) is 12.0 Å². The Morgan fingerprint density at radius 2 is 1.86 bits per heavy atom. The molecule has 0 saturated carbocycles. The first-order valence-electron chi connectivity index (χ1n) is 7.26. The number of benzene rings is 2. The summed E-state index contributed by atoms with van der Waals surface area (Å²) in [6.45, 7) is 3.84. The lowest BCUT2D eigenvalue weighted by Gasteiger charge is -2.34. The van der Waals surface area contributed by atoms with Crippen molar-refractivity contribution < 1.29 is 14.2 Å². The molecule has 3 heteroatoms. The van der Waals surface area contributed by atoms with E-state index in [0.29, 0.717) is 17.2 Å².